The topological polar surface area (TPSA) is 63.8 Å². The van der Waals surface area contributed by atoms with Crippen LogP contribution in [0.1, 0.15) is 39.0 Å². The maximum Gasteiger partial charge on any atom is 0.137 e. The van der Waals surface area contributed by atoms with Crippen LogP contribution in [0.4, 0.5) is 11.5 Å². The van der Waals surface area contributed by atoms with E-state index in [0.717, 1.165) is 40.8 Å². The molecule has 0 bridgehead atoms. The van der Waals surface area contributed by atoms with Gasteiger partial charge in [-0.05, 0) is 36.5 Å². The molecule has 1 aliphatic carbocycles. The predicted molar refractivity (Wildman–Crippen MR) is 88.2 cm³/mol. The number of hydrogen-bond donors (Lipinski definition) is 2. The van der Waals surface area contributed by atoms with Crippen LogP contribution in [0.2, 0.25) is 0 Å². The van der Waals surface area contributed by atoms with Crippen LogP contribution < -0.4 is 11.1 Å². The fourth-order valence-electron chi connectivity index (χ4n) is 3.23. The molecule has 0 amide bonds. The summed E-state index contributed by atoms with van der Waals surface area (Å²) in [6, 6.07) is 5.77. The van der Waals surface area contributed by atoms with Crippen LogP contribution in [0, 0.1) is 11.8 Å². The Hall–Kier alpha value is -1.84. The number of hydrogen-bond acceptors (Lipinski definition) is 4. The Bertz CT molecular complexity index is 603. The molecule has 4 heteroatoms. The minimum atomic E-state index is 0.751. The first-order valence-electron chi connectivity index (χ1n) is 7.96. The lowest BCUT2D eigenvalue weighted by molar-refractivity contribution is 0.282. The number of nitrogens with one attached hydrogen (secondary N) is 1. The second-order valence-electron chi connectivity index (χ2n) is 6.34. The summed E-state index contributed by atoms with van der Waals surface area (Å²) in [6.07, 6.45) is 8.36. The fraction of sp³-hybridized carbons (Fsp3) is 0.529. The zero-order valence-electron chi connectivity index (χ0n) is 12.7. The molecule has 1 aliphatic rings. The van der Waals surface area contributed by atoms with Gasteiger partial charge in [-0.25, -0.2) is 9.97 Å². The minimum absolute atomic E-state index is 0.751. The zero-order chi connectivity index (χ0) is 14.7. The highest BCUT2D eigenvalue weighted by Crippen LogP contribution is 2.30. The van der Waals surface area contributed by atoms with E-state index in [1.807, 2.05) is 18.2 Å². The molecular formula is C17H24N4. The molecule has 1 saturated carbocycles. The standard InChI is InChI=1S/C17H24N4/c1-12-2-4-13(5-3-12)8-9-19-17-15-10-14(18)6-7-16(15)20-11-21-17/h6-7,10-13H,2-5,8-9,18H2,1H3,(H,19,20,21). The Kier molecular flexibility index (Phi) is 4.23. The molecule has 1 aromatic heterocycles. The van der Waals surface area contributed by atoms with Crippen molar-refractivity contribution in [2.24, 2.45) is 11.8 Å². The quantitative estimate of drug-likeness (QED) is 0.837. The number of nitrogen functional groups attached to an aromatic ring is 1. The van der Waals surface area contributed by atoms with Gasteiger partial charge in [0.2, 0.25) is 0 Å². The van der Waals surface area contributed by atoms with Crippen LogP contribution >= 0.6 is 0 Å². The zero-order valence-corrected chi connectivity index (χ0v) is 12.7. The minimum Gasteiger partial charge on any atom is -0.399 e. The van der Waals surface area contributed by atoms with E-state index in [2.05, 4.69) is 22.2 Å². The van der Waals surface area contributed by atoms with Crippen molar-refractivity contribution in [2.75, 3.05) is 17.6 Å². The SMILES string of the molecule is CC1CCC(CCNc2ncnc3ccc(N)cc23)CC1. The van der Waals surface area contributed by atoms with Gasteiger partial charge in [-0.2, -0.15) is 0 Å². The average Bonchev–Trinajstić information content (AvgIpc) is 2.50. The van der Waals surface area contributed by atoms with E-state index >= 15 is 0 Å². The Morgan fingerprint density at radius 3 is 2.81 bits per heavy atom. The summed E-state index contributed by atoms with van der Waals surface area (Å²) in [4.78, 5) is 8.65. The van der Waals surface area contributed by atoms with Crippen LogP contribution in [-0.4, -0.2) is 16.5 Å². The molecule has 21 heavy (non-hydrogen) atoms. The molecule has 1 heterocycles. The lowest BCUT2D eigenvalue weighted by Crippen LogP contribution is -2.16. The number of benzene rings is 1. The van der Waals surface area contributed by atoms with Crippen molar-refractivity contribution in [1.82, 2.24) is 9.97 Å². The van der Waals surface area contributed by atoms with Gasteiger partial charge >= 0.3 is 0 Å². The first-order valence-corrected chi connectivity index (χ1v) is 7.96. The van der Waals surface area contributed by atoms with Crippen molar-refractivity contribution >= 4 is 22.4 Å². The first kappa shape index (κ1) is 14.1. The second kappa shape index (κ2) is 6.29. The van der Waals surface area contributed by atoms with Gasteiger partial charge in [0.05, 0.1) is 5.52 Å². The maximum absolute atomic E-state index is 5.87. The van der Waals surface area contributed by atoms with Crippen molar-refractivity contribution in [3.63, 3.8) is 0 Å². The third kappa shape index (κ3) is 3.43. The highest BCUT2D eigenvalue weighted by Gasteiger charge is 2.17. The average molecular weight is 284 g/mol. The van der Waals surface area contributed by atoms with Gasteiger partial charge in [-0.1, -0.05) is 32.6 Å². The van der Waals surface area contributed by atoms with Gasteiger partial charge in [0.25, 0.3) is 0 Å². The van der Waals surface area contributed by atoms with E-state index in [4.69, 9.17) is 5.73 Å². The summed E-state index contributed by atoms with van der Waals surface area (Å²) in [6.45, 7) is 3.34. The molecule has 0 unspecified atom stereocenters. The number of fused-ring (bicyclic) bond motifs is 1. The summed E-state index contributed by atoms with van der Waals surface area (Å²) in [5.74, 6) is 2.69. The molecule has 112 valence electrons. The second-order valence-corrected chi connectivity index (χ2v) is 6.34. The molecule has 1 aromatic carbocycles. The Morgan fingerprint density at radius 1 is 1.19 bits per heavy atom. The molecular weight excluding hydrogens is 260 g/mol. The van der Waals surface area contributed by atoms with Gasteiger partial charge in [0.15, 0.2) is 0 Å². The largest absolute Gasteiger partial charge is 0.399 e. The van der Waals surface area contributed by atoms with Crippen LogP contribution in [0.5, 0.6) is 0 Å². The molecule has 0 saturated heterocycles. The molecule has 0 atom stereocenters. The predicted octanol–water partition coefficient (Wildman–Crippen LogP) is 3.84. The van der Waals surface area contributed by atoms with E-state index < -0.39 is 0 Å². The van der Waals surface area contributed by atoms with E-state index in [1.165, 1.54) is 32.1 Å². The van der Waals surface area contributed by atoms with Crippen LogP contribution in [0.3, 0.4) is 0 Å². The molecule has 3 N–H and O–H groups in total. The van der Waals surface area contributed by atoms with Gasteiger partial charge in [-0.3, -0.25) is 0 Å². The fourth-order valence-corrected chi connectivity index (χ4v) is 3.23. The molecule has 1 fully saturated rings. The lowest BCUT2D eigenvalue weighted by Gasteiger charge is -2.26. The third-order valence-electron chi connectivity index (χ3n) is 4.64. The van der Waals surface area contributed by atoms with Crippen molar-refractivity contribution < 1.29 is 0 Å². The molecule has 4 nitrogen and oxygen atoms in total. The third-order valence-corrected chi connectivity index (χ3v) is 4.64. The normalized spacial score (nSPS) is 22.3. The van der Waals surface area contributed by atoms with Crippen molar-refractivity contribution in [3.8, 4) is 0 Å². The lowest BCUT2D eigenvalue weighted by atomic mass is 9.81. The summed E-state index contributed by atoms with van der Waals surface area (Å²) >= 11 is 0. The van der Waals surface area contributed by atoms with Crippen LogP contribution in [-0.2, 0) is 0 Å². The van der Waals surface area contributed by atoms with Crippen LogP contribution in [0.15, 0.2) is 24.5 Å². The van der Waals surface area contributed by atoms with Gasteiger partial charge in [-0.15, -0.1) is 0 Å². The highest BCUT2D eigenvalue weighted by atomic mass is 15.0. The molecule has 2 aromatic rings. The molecule has 0 aliphatic heterocycles. The molecule has 0 radical (unpaired) electrons. The summed E-state index contributed by atoms with van der Waals surface area (Å²) < 4.78 is 0. The Labute approximate surface area is 126 Å². The first-order chi connectivity index (χ1) is 10.2. The Morgan fingerprint density at radius 2 is 2.00 bits per heavy atom. The summed E-state index contributed by atoms with van der Waals surface area (Å²) in [5, 5.41) is 4.48. The number of nitrogens with zero attached hydrogens (tertiary/aromatic N) is 2. The molecule has 3 rings (SSSR count). The van der Waals surface area contributed by atoms with Crippen LogP contribution in [0.25, 0.3) is 10.9 Å². The van der Waals surface area contributed by atoms with Crippen molar-refractivity contribution in [2.45, 2.75) is 39.0 Å². The molecule has 0 spiro atoms. The van der Waals surface area contributed by atoms with E-state index in [-0.39, 0.29) is 0 Å². The van der Waals surface area contributed by atoms with E-state index in [9.17, 15) is 0 Å². The number of anilines is 2. The monoisotopic (exact) mass is 284 g/mol. The maximum atomic E-state index is 5.87. The van der Waals surface area contributed by atoms with Gasteiger partial charge in [0.1, 0.15) is 12.1 Å². The number of nitrogens with two attached hydrogens (primary N) is 1. The summed E-state index contributed by atoms with van der Waals surface area (Å²) in [5.41, 5.74) is 7.56. The van der Waals surface area contributed by atoms with Gasteiger partial charge in [0, 0.05) is 17.6 Å². The van der Waals surface area contributed by atoms with Gasteiger partial charge < -0.3 is 11.1 Å². The Balaban J connectivity index is 1.61. The van der Waals surface area contributed by atoms with Crippen molar-refractivity contribution in [3.05, 3.63) is 24.5 Å². The van der Waals surface area contributed by atoms with E-state index in [1.54, 1.807) is 6.33 Å². The van der Waals surface area contributed by atoms with E-state index in [0.29, 0.717) is 0 Å². The highest BCUT2D eigenvalue weighted by molar-refractivity contribution is 5.91. The smallest absolute Gasteiger partial charge is 0.137 e. The number of rotatable bonds is 4. The number of aromatic nitrogens is 2. The van der Waals surface area contributed by atoms with Crippen molar-refractivity contribution in [1.29, 1.82) is 0 Å². The summed E-state index contributed by atoms with van der Waals surface area (Å²) in [7, 11) is 0.